The SMILES string of the molecule is Cc1cc(C)n(CC(=O)Nc2cc(C(=O)O)c(C)cc2C)n1. The Hall–Kier alpha value is -2.63. The first-order valence-electron chi connectivity index (χ1n) is 6.93. The van der Waals surface area contributed by atoms with Crippen molar-refractivity contribution in [3.8, 4) is 0 Å². The first-order valence-corrected chi connectivity index (χ1v) is 6.93. The fourth-order valence-corrected chi connectivity index (χ4v) is 2.38. The third-order valence-electron chi connectivity index (χ3n) is 3.47. The maximum absolute atomic E-state index is 12.1. The highest BCUT2D eigenvalue weighted by molar-refractivity contribution is 5.95. The molecule has 6 nitrogen and oxygen atoms in total. The van der Waals surface area contributed by atoms with Crippen LogP contribution in [0.4, 0.5) is 5.69 Å². The smallest absolute Gasteiger partial charge is 0.336 e. The van der Waals surface area contributed by atoms with E-state index >= 15 is 0 Å². The molecular weight excluding hydrogens is 282 g/mol. The van der Waals surface area contributed by atoms with Crippen molar-refractivity contribution < 1.29 is 14.7 Å². The summed E-state index contributed by atoms with van der Waals surface area (Å²) >= 11 is 0. The van der Waals surface area contributed by atoms with Crippen LogP contribution in [0.5, 0.6) is 0 Å². The summed E-state index contributed by atoms with van der Waals surface area (Å²) in [7, 11) is 0. The number of aryl methyl sites for hydroxylation is 4. The lowest BCUT2D eigenvalue weighted by molar-refractivity contribution is -0.116. The highest BCUT2D eigenvalue weighted by Gasteiger charge is 2.13. The molecule has 2 aromatic rings. The molecule has 1 aromatic heterocycles. The van der Waals surface area contributed by atoms with E-state index in [0.717, 1.165) is 17.0 Å². The van der Waals surface area contributed by atoms with Crippen LogP contribution in [0.25, 0.3) is 0 Å². The van der Waals surface area contributed by atoms with Gasteiger partial charge in [0.05, 0.1) is 11.3 Å². The van der Waals surface area contributed by atoms with Gasteiger partial charge in [-0.1, -0.05) is 6.07 Å². The van der Waals surface area contributed by atoms with Gasteiger partial charge < -0.3 is 10.4 Å². The molecule has 0 aliphatic carbocycles. The van der Waals surface area contributed by atoms with Crippen LogP contribution >= 0.6 is 0 Å². The lowest BCUT2D eigenvalue weighted by Gasteiger charge is -2.12. The minimum Gasteiger partial charge on any atom is -0.478 e. The van der Waals surface area contributed by atoms with E-state index in [1.54, 1.807) is 17.7 Å². The topological polar surface area (TPSA) is 84.2 Å². The molecule has 6 heteroatoms. The van der Waals surface area contributed by atoms with Crippen molar-refractivity contribution in [1.29, 1.82) is 0 Å². The number of hydrogen-bond donors (Lipinski definition) is 2. The standard InChI is InChI=1S/C16H19N3O3/c1-9-5-10(2)14(7-13(9)16(21)22)17-15(20)8-19-12(4)6-11(3)18-19/h5-7H,8H2,1-4H3,(H,17,20)(H,21,22). The summed E-state index contributed by atoms with van der Waals surface area (Å²) in [5, 5.41) is 16.2. The van der Waals surface area contributed by atoms with Crippen molar-refractivity contribution in [1.82, 2.24) is 9.78 Å². The Morgan fingerprint density at radius 2 is 1.82 bits per heavy atom. The third-order valence-corrected chi connectivity index (χ3v) is 3.47. The Kier molecular flexibility index (Phi) is 4.30. The second-order valence-electron chi connectivity index (χ2n) is 5.42. The molecule has 0 saturated heterocycles. The Bertz CT molecular complexity index is 747. The summed E-state index contributed by atoms with van der Waals surface area (Å²) in [4.78, 5) is 23.3. The third kappa shape index (κ3) is 3.33. The average molecular weight is 301 g/mol. The zero-order valence-corrected chi connectivity index (χ0v) is 13.1. The number of anilines is 1. The Morgan fingerprint density at radius 1 is 1.14 bits per heavy atom. The maximum atomic E-state index is 12.1. The minimum absolute atomic E-state index is 0.0927. The zero-order valence-electron chi connectivity index (χ0n) is 13.1. The monoisotopic (exact) mass is 301 g/mol. The van der Waals surface area contributed by atoms with Crippen molar-refractivity contribution in [3.63, 3.8) is 0 Å². The highest BCUT2D eigenvalue weighted by atomic mass is 16.4. The maximum Gasteiger partial charge on any atom is 0.336 e. The molecule has 0 aliphatic rings. The summed E-state index contributed by atoms with van der Waals surface area (Å²) in [6.07, 6.45) is 0. The van der Waals surface area contributed by atoms with E-state index in [0.29, 0.717) is 11.3 Å². The van der Waals surface area contributed by atoms with Gasteiger partial charge in [0.2, 0.25) is 5.91 Å². The molecule has 0 bridgehead atoms. The summed E-state index contributed by atoms with van der Waals surface area (Å²) in [5.41, 5.74) is 3.94. The number of amides is 1. The number of hydrogen-bond acceptors (Lipinski definition) is 3. The Labute approximate surface area is 128 Å². The normalized spacial score (nSPS) is 10.5. The Morgan fingerprint density at radius 3 is 2.36 bits per heavy atom. The molecule has 2 rings (SSSR count). The van der Waals surface area contributed by atoms with E-state index in [9.17, 15) is 9.59 Å². The number of nitrogens with one attached hydrogen (secondary N) is 1. The summed E-state index contributed by atoms with van der Waals surface area (Å²) in [6.45, 7) is 7.41. The lowest BCUT2D eigenvalue weighted by Crippen LogP contribution is -2.21. The van der Waals surface area contributed by atoms with Gasteiger partial charge in [-0.05, 0) is 51.0 Å². The number of carbonyl (C=O) groups excluding carboxylic acids is 1. The number of rotatable bonds is 4. The molecule has 0 unspecified atom stereocenters. The molecule has 1 aromatic carbocycles. The van der Waals surface area contributed by atoms with Crippen LogP contribution in [-0.4, -0.2) is 26.8 Å². The number of carbonyl (C=O) groups is 2. The van der Waals surface area contributed by atoms with E-state index in [2.05, 4.69) is 10.4 Å². The molecule has 1 amide bonds. The number of aromatic carboxylic acids is 1. The van der Waals surface area contributed by atoms with Gasteiger partial charge in [-0.25, -0.2) is 4.79 Å². The number of carboxylic acid groups (broad SMARTS) is 1. The molecule has 1 heterocycles. The van der Waals surface area contributed by atoms with Crippen LogP contribution in [0.2, 0.25) is 0 Å². The van der Waals surface area contributed by atoms with Crippen LogP contribution in [-0.2, 0) is 11.3 Å². The molecule has 116 valence electrons. The molecule has 22 heavy (non-hydrogen) atoms. The summed E-state index contributed by atoms with van der Waals surface area (Å²) < 4.78 is 1.62. The van der Waals surface area contributed by atoms with E-state index in [4.69, 9.17) is 5.11 Å². The van der Waals surface area contributed by atoms with Crippen molar-refractivity contribution in [2.45, 2.75) is 34.2 Å². The molecule has 0 spiro atoms. The highest BCUT2D eigenvalue weighted by Crippen LogP contribution is 2.21. The van der Waals surface area contributed by atoms with E-state index in [1.165, 1.54) is 6.07 Å². The molecular formula is C16H19N3O3. The van der Waals surface area contributed by atoms with Crippen LogP contribution < -0.4 is 5.32 Å². The fraction of sp³-hybridized carbons (Fsp3) is 0.312. The first kappa shape index (κ1) is 15.8. The molecule has 0 fully saturated rings. The summed E-state index contributed by atoms with van der Waals surface area (Å²) in [5.74, 6) is -1.25. The molecule has 0 saturated carbocycles. The quantitative estimate of drug-likeness (QED) is 0.908. The number of nitrogens with zero attached hydrogens (tertiary/aromatic N) is 2. The van der Waals surface area contributed by atoms with Gasteiger partial charge in [0.25, 0.3) is 0 Å². The molecule has 0 radical (unpaired) electrons. The molecule has 0 atom stereocenters. The number of carboxylic acids is 1. The van der Waals surface area contributed by atoms with Gasteiger partial charge >= 0.3 is 5.97 Å². The average Bonchev–Trinajstić information content (AvgIpc) is 2.70. The van der Waals surface area contributed by atoms with E-state index in [1.807, 2.05) is 26.8 Å². The predicted molar refractivity (Wildman–Crippen MR) is 83.2 cm³/mol. The second kappa shape index (κ2) is 6.01. The van der Waals surface area contributed by atoms with Gasteiger partial charge in [0.1, 0.15) is 6.54 Å². The van der Waals surface area contributed by atoms with E-state index in [-0.39, 0.29) is 18.0 Å². The van der Waals surface area contributed by atoms with E-state index < -0.39 is 5.97 Å². The largest absolute Gasteiger partial charge is 0.478 e. The summed E-state index contributed by atoms with van der Waals surface area (Å²) in [6, 6.07) is 5.14. The lowest BCUT2D eigenvalue weighted by atomic mass is 10.0. The van der Waals surface area contributed by atoms with Crippen LogP contribution in [0.3, 0.4) is 0 Å². The van der Waals surface area contributed by atoms with Gasteiger partial charge in [-0.3, -0.25) is 9.48 Å². The molecule has 0 aliphatic heterocycles. The minimum atomic E-state index is -1.01. The fourth-order valence-electron chi connectivity index (χ4n) is 2.38. The van der Waals surface area contributed by atoms with Crippen LogP contribution in [0, 0.1) is 27.7 Å². The van der Waals surface area contributed by atoms with Gasteiger partial charge in [-0.15, -0.1) is 0 Å². The second-order valence-corrected chi connectivity index (χ2v) is 5.42. The van der Waals surface area contributed by atoms with Gasteiger partial charge in [-0.2, -0.15) is 5.10 Å². The number of aromatic nitrogens is 2. The van der Waals surface area contributed by atoms with Crippen molar-refractivity contribution >= 4 is 17.6 Å². The van der Waals surface area contributed by atoms with Gasteiger partial charge in [0.15, 0.2) is 0 Å². The Balaban J connectivity index is 2.19. The van der Waals surface area contributed by atoms with Crippen LogP contribution in [0.1, 0.15) is 32.9 Å². The predicted octanol–water partition coefficient (Wildman–Crippen LogP) is 2.45. The molecule has 2 N–H and O–H groups in total. The first-order chi connectivity index (χ1) is 10.3. The van der Waals surface area contributed by atoms with Crippen molar-refractivity contribution in [2.75, 3.05) is 5.32 Å². The number of benzene rings is 1. The van der Waals surface area contributed by atoms with Crippen LogP contribution in [0.15, 0.2) is 18.2 Å². The zero-order chi connectivity index (χ0) is 16.4. The van der Waals surface area contributed by atoms with Crippen molar-refractivity contribution in [3.05, 3.63) is 46.3 Å². The van der Waals surface area contributed by atoms with Crippen molar-refractivity contribution in [2.24, 2.45) is 0 Å². The van der Waals surface area contributed by atoms with Gasteiger partial charge in [0, 0.05) is 11.4 Å².